The molecule has 1 aromatic heterocycles. The van der Waals surface area contributed by atoms with Crippen LogP contribution in [0.2, 0.25) is 5.02 Å². The molecule has 17 heavy (non-hydrogen) atoms. The average Bonchev–Trinajstić information content (AvgIpc) is 2.78. The van der Waals surface area contributed by atoms with E-state index in [9.17, 15) is 0 Å². The second-order valence-electron chi connectivity index (χ2n) is 4.02. The van der Waals surface area contributed by atoms with E-state index in [1.165, 1.54) is 0 Å². The summed E-state index contributed by atoms with van der Waals surface area (Å²) >= 11 is 5.84. The van der Waals surface area contributed by atoms with Gasteiger partial charge in [0.05, 0.1) is 17.6 Å². The lowest BCUT2D eigenvalue weighted by Crippen LogP contribution is -2.23. The Morgan fingerprint density at radius 3 is 2.71 bits per heavy atom. The number of halogens is 1. The first-order valence-corrected chi connectivity index (χ1v) is 5.91. The quantitative estimate of drug-likeness (QED) is 0.904. The summed E-state index contributed by atoms with van der Waals surface area (Å²) in [5, 5.41) is 12.1. The van der Waals surface area contributed by atoms with Crippen LogP contribution in [0.25, 0.3) is 5.69 Å². The van der Waals surface area contributed by atoms with E-state index in [1.54, 1.807) is 4.68 Å². The van der Waals surface area contributed by atoms with Crippen molar-refractivity contribution in [2.75, 3.05) is 7.05 Å². The van der Waals surface area contributed by atoms with Gasteiger partial charge in [0.15, 0.2) is 0 Å². The van der Waals surface area contributed by atoms with Crippen LogP contribution in [0.1, 0.15) is 12.6 Å². The predicted octanol–water partition coefficient (Wildman–Crippen LogP) is 2.07. The minimum absolute atomic E-state index is 0.394. The second kappa shape index (κ2) is 5.29. The van der Waals surface area contributed by atoms with Crippen molar-refractivity contribution in [1.29, 1.82) is 0 Å². The molecule has 0 aliphatic heterocycles. The molecule has 0 radical (unpaired) electrons. The third kappa shape index (κ3) is 3.05. The van der Waals surface area contributed by atoms with Crippen LogP contribution in [0, 0.1) is 0 Å². The Hall–Kier alpha value is -1.39. The van der Waals surface area contributed by atoms with Crippen molar-refractivity contribution in [2.24, 2.45) is 0 Å². The molecule has 0 amide bonds. The van der Waals surface area contributed by atoms with Crippen LogP contribution in [-0.2, 0) is 6.42 Å². The molecule has 4 nitrogen and oxygen atoms in total. The van der Waals surface area contributed by atoms with Crippen LogP contribution in [0.15, 0.2) is 30.5 Å². The molecule has 1 atom stereocenters. The molecule has 0 aliphatic carbocycles. The van der Waals surface area contributed by atoms with Gasteiger partial charge >= 0.3 is 0 Å². The van der Waals surface area contributed by atoms with Crippen molar-refractivity contribution < 1.29 is 0 Å². The summed E-state index contributed by atoms with van der Waals surface area (Å²) in [4.78, 5) is 0. The number of benzene rings is 1. The van der Waals surface area contributed by atoms with Crippen LogP contribution >= 0.6 is 11.6 Å². The number of nitrogens with zero attached hydrogens (tertiary/aromatic N) is 3. The lowest BCUT2D eigenvalue weighted by molar-refractivity contribution is 0.599. The van der Waals surface area contributed by atoms with E-state index in [0.29, 0.717) is 6.04 Å². The topological polar surface area (TPSA) is 42.7 Å². The van der Waals surface area contributed by atoms with Crippen molar-refractivity contribution in [1.82, 2.24) is 20.3 Å². The van der Waals surface area contributed by atoms with E-state index in [4.69, 9.17) is 11.6 Å². The first-order chi connectivity index (χ1) is 8.19. The summed E-state index contributed by atoms with van der Waals surface area (Å²) in [5.74, 6) is 0. The lowest BCUT2D eigenvalue weighted by Gasteiger charge is -2.05. The smallest absolute Gasteiger partial charge is 0.0847 e. The minimum atomic E-state index is 0.394. The van der Waals surface area contributed by atoms with Crippen LogP contribution < -0.4 is 5.32 Å². The first kappa shape index (κ1) is 12.1. The Balaban J connectivity index is 2.15. The number of likely N-dealkylation sites (N-methyl/N-ethyl adjacent to an activating group) is 1. The summed E-state index contributed by atoms with van der Waals surface area (Å²) in [6, 6.07) is 7.92. The molecule has 0 aliphatic rings. The van der Waals surface area contributed by atoms with Crippen molar-refractivity contribution in [3.05, 3.63) is 41.2 Å². The largest absolute Gasteiger partial charge is 0.317 e. The molecule has 2 aromatic rings. The highest BCUT2D eigenvalue weighted by Gasteiger charge is 2.06. The number of rotatable bonds is 4. The van der Waals surface area contributed by atoms with Gasteiger partial charge in [-0.25, -0.2) is 4.68 Å². The van der Waals surface area contributed by atoms with Crippen LogP contribution in [0.4, 0.5) is 0 Å². The van der Waals surface area contributed by atoms with E-state index in [2.05, 4.69) is 22.6 Å². The summed E-state index contributed by atoms with van der Waals surface area (Å²) in [7, 11) is 1.94. The maximum absolute atomic E-state index is 5.84. The summed E-state index contributed by atoms with van der Waals surface area (Å²) in [5.41, 5.74) is 1.94. The van der Waals surface area contributed by atoms with Crippen molar-refractivity contribution in [3.8, 4) is 5.69 Å². The Bertz CT molecular complexity index is 478. The van der Waals surface area contributed by atoms with Gasteiger partial charge in [0.1, 0.15) is 0 Å². The zero-order chi connectivity index (χ0) is 12.3. The van der Waals surface area contributed by atoms with Gasteiger partial charge in [0.25, 0.3) is 0 Å². The maximum atomic E-state index is 5.84. The number of aromatic nitrogens is 3. The number of hydrogen-bond acceptors (Lipinski definition) is 3. The molecule has 0 saturated heterocycles. The Morgan fingerprint density at radius 2 is 2.06 bits per heavy atom. The molecule has 5 heteroatoms. The molecule has 1 aromatic carbocycles. The summed E-state index contributed by atoms with van der Waals surface area (Å²) < 4.78 is 1.76. The number of hydrogen-bond donors (Lipinski definition) is 1. The highest BCUT2D eigenvalue weighted by atomic mass is 35.5. The third-order valence-electron chi connectivity index (χ3n) is 2.64. The van der Waals surface area contributed by atoms with Crippen molar-refractivity contribution in [2.45, 2.75) is 19.4 Å². The van der Waals surface area contributed by atoms with E-state index in [1.807, 2.05) is 37.5 Å². The standard InChI is InChI=1S/C12H15ClN4/c1-9(14-2)7-11-8-17(16-15-11)12-5-3-10(13)4-6-12/h3-6,8-9,14H,7H2,1-2H3. The molecule has 1 unspecified atom stereocenters. The summed E-state index contributed by atoms with van der Waals surface area (Å²) in [6.07, 6.45) is 2.81. The molecule has 2 rings (SSSR count). The van der Waals surface area contributed by atoms with Gasteiger partial charge in [-0.05, 0) is 38.2 Å². The van der Waals surface area contributed by atoms with E-state index in [-0.39, 0.29) is 0 Å². The maximum Gasteiger partial charge on any atom is 0.0847 e. The molecular weight excluding hydrogens is 236 g/mol. The van der Waals surface area contributed by atoms with Crippen molar-refractivity contribution in [3.63, 3.8) is 0 Å². The molecular formula is C12H15ClN4. The number of nitrogens with one attached hydrogen (secondary N) is 1. The van der Waals surface area contributed by atoms with Crippen LogP contribution in [0.5, 0.6) is 0 Å². The zero-order valence-electron chi connectivity index (χ0n) is 9.89. The van der Waals surface area contributed by atoms with Crippen molar-refractivity contribution >= 4 is 11.6 Å². The van der Waals surface area contributed by atoms with Gasteiger partial charge in [-0.15, -0.1) is 5.10 Å². The highest BCUT2D eigenvalue weighted by molar-refractivity contribution is 6.30. The molecule has 90 valence electrons. The van der Waals surface area contributed by atoms with Crippen LogP contribution in [0.3, 0.4) is 0 Å². The minimum Gasteiger partial charge on any atom is -0.317 e. The van der Waals surface area contributed by atoms with E-state index in [0.717, 1.165) is 22.8 Å². The van der Waals surface area contributed by atoms with Gasteiger partial charge in [0.2, 0.25) is 0 Å². The molecule has 1 N–H and O–H groups in total. The Labute approximate surface area is 106 Å². The molecule has 0 saturated carbocycles. The molecule has 0 spiro atoms. The predicted molar refractivity (Wildman–Crippen MR) is 68.6 cm³/mol. The molecule has 0 fully saturated rings. The Kier molecular flexibility index (Phi) is 3.76. The van der Waals surface area contributed by atoms with Gasteiger partial charge in [-0.2, -0.15) is 0 Å². The van der Waals surface area contributed by atoms with Crippen LogP contribution in [-0.4, -0.2) is 28.1 Å². The van der Waals surface area contributed by atoms with E-state index < -0.39 is 0 Å². The molecule has 1 heterocycles. The van der Waals surface area contributed by atoms with Gasteiger partial charge in [-0.3, -0.25) is 0 Å². The van der Waals surface area contributed by atoms with Gasteiger partial charge in [0, 0.05) is 17.5 Å². The first-order valence-electron chi connectivity index (χ1n) is 5.53. The average molecular weight is 251 g/mol. The fraction of sp³-hybridized carbons (Fsp3) is 0.333. The van der Waals surface area contributed by atoms with Gasteiger partial charge < -0.3 is 5.32 Å². The normalized spacial score (nSPS) is 12.6. The molecule has 0 bridgehead atoms. The second-order valence-corrected chi connectivity index (χ2v) is 4.46. The SMILES string of the molecule is CNC(C)Cc1cn(-c2ccc(Cl)cc2)nn1. The monoisotopic (exact) mass is 250 g/mol. The third-order valence-corrected chi connectivity index (χ3v) is 2.89. The summed E-state index contributed by atoms with van der Waals surface area (Å²) in [6.45, 7) is 2.11. The Morgan fingerprint density at radius 1 is 1.35 bits per heavy atom. The van der Waals surface area contributed by atoms with E-state index >= 15 is 0 Å². The fourth-order valence-electron chi connectivity index (χ4n) is 1.53. The lowest BCUT2D eigenvalue weighted by atomic mass is 10.2. The zero-order valence-corrected chi connectivity index (χ0v) is 10.6. The fourth-order valence-corrected chi connectivity index (χ4v) is 1.65. The van der Waals surface area contributed by atoms with Gasteiger partial charge in [-0.1, -0.05) is 16.8 Å². The highest BCUT2D eigenvalue weighted by Crippen LogP contribution is 2.12.